The Morgan fingerprint density at radius 2 is 1.90 bits per heavy atom. The fourth-order valence-corrected chi connectivity index (χ4v) is 2.62. The molecule has 0 aliphatic heterocycles. The molecule has 0 amide bonds. The zero-order chi connectivity index (χ0) is 14.4. The SMILES string of the molecule is COC(=O)CC(OC1(O)CCCCC1)c1ccccc1. The van der Waals surface area contributed by atoms with Gasteiger partial charge in [0.25, 0.3) is 0 Å². The molecule has 0 heterocycles. The molecular weight excluding hydrogens is 256 g/mol. The van der Waals surface area contributed by atoms with Crippen LogP contribution in [0.4, 0.5) is 0 Å². The van der Waals surface area contributed by atoms with Gasteiger partial charge in [0.15, 0.2) is 5.79 Å². The summed E-state index contributed by atoms with van der Waals surface area (Å²) in [4.78, 5) is 11.6. The van der Waals surface area contributed by atoms with Gasteiger partial charge < -0.3 is 14.6 Å². The fraction of sp³-hybridized carbons (Fsp3) is 0.562. The number of aliphatic hydroxyl groups is 1. The van der Waals surface area contributed by atoms with Crippen LogP contribution in [0.2, 0.25) is 0 Å². The van der Waals surface area contributed by atoms with Crippen LogP contribution < -0.4 is 0 Å². The highest BCUT2D eigenvalue weighted by molar-refractivity contribution is 5.70. The zero-order valence-electron chi connectivity index (χ0n) is 11.9. The number of hydrogen-bond acceptors (Lipinski definition) is 4. The van der Waals surface area contributed by atoms with E-state index in [4.69, 9.17) is 9.47 Å². The van der Waals surface area contributed by atoms with Crippen LogP contribution >= 0.6 is 0 Å². The molecule has 1 unspecified atom stereocenters. The predicted octanol–water partition coefficient (Wildman–Crippen LogP) is 2.96. The standard InChI is InChI=1S/C16H22O4/c1-19-15(17)12-14(13-8-4-2-5-9-13)20-16(18)10-6-3-7-11-16/h2,4-5,8-9,14,18H,3,6-7,10-12H2,1H3. The number of carbonyl (C=O) groups excluding carboxylic acids is 1. The summed E-state index contributed by atoms with van der Waals surface area (Å²) < 4.78 is 10.6. The lowest BCUT2D eigenvalue weighted by Gasteiger charge is -2.35. The molecule has 4 heteroatoms. The van der Waals surface area contributed by atoms with Crippen LogP contribution in [-0.2, 0) is 14.3 Å². The van der Waals surface area contributed by atoms with E-state index in [-0.39, 0.29) is 12.4 Å². The van der Waals surface area contributed by atoms with E-state index in [1.54, 1.807) is 0 Å². The van der Waals surface area contributed by atoms with E-state index in [1.165, 1.54) is 7.11 Å². The maximum absolute atomic E-state index is 11.6. The molecule has 110 valence electrons. The molecular formula is C16H22O4. The molecule has 1 aliphatic carbocycles. The van der Waals surface area contributed by atoms with E-state index in [0.29, 0.717) is 12.8 Å². The lowest BCUT2D eigenvalue weighted by Crippen LogP contribution is -2.36. The first-order valence-electron chi connectivity index (χ1n) is 7.15. The Morgan fingerprint density at radius 1 is 1.25 bits per heavy atom. The van der Waals surface area contributed by atoms with Crippen molar-refractivity contribution in [2.75, 3.05) is 7.11 Å². The second-order valence-electron chi connectivity index (χ2n) is 5.30. The van der Waals surface area contributed by atoms with Crippen LogP contribution in [0.25, 0.3) is 0 Å². The maximum atomic E-state index is 11.6. The number of rotatable bonds is 5. The monoisotopic (exact) mass is 278 g/mol. The highest BCUT2D eigenvalue weighted by Gasteiger charge is 2.34. The van der Waals surface area contributed by atoms with Gasteiger partial charge in [0.05, 0.1) is 19.6 Å². The Balaban J connectivity index is 2.11. The number of hydrogen-bond donors (Lipinski definition) is 1. The van der Waals surface area contributed by atoms with Gasteiger partial charge in [0.1, 0.15) is 0 Å². The van der Waals surface area contributed by atoms with E-state index in [2.05, 4.69) is 0 Å². The highest BCUT2D eigenvalue weighted by Crippen LogP contribution is 2.35. The third-order valence-electron chi connectivity index (χ3n) is 3.75. The minimum absolute atomic E-state index is 0.114. The van der Waals surface area contributed by atoms with Gasteiger partial charge >= 0.3 is 5.97 Å². The van der Waals surface area contributed by atoms with Crippen molar-refractivity contribution in [3.8, 4) is 0 Å². The first kappa shape index (κ1) is 15.0. The smallest absolute Gasteiger partial charge is 0.308 e. The van der Waals surface area contributed by atoms with Gasteiger partial charge in [-0.05, 0) is 18.4 Å². The Hall–Kier alpha value is -1.39. The van der Waals surface area contributed by atoms with Gasteiger partial charge in [-0.25, -0.2) is 0 Å². The average Bonchev–Trinajstić information content (AvgIpc) is 2.48. The lowest BCUT2D eigenvalue weighted by molar-refractivity contribution is -0.248. The number of ether oxygens (including phenoxy) is 2. The van der Waals surface area contributed by atoms with Gasteiger partial charge in [-0.2, -0.15) is 0 Å². The maximum Gasteiger partial charge on any atom is 0.308 e. The topological polar surface area (TPSA) is 55.8 Å². The van der Waals surface area contributed by atoms with Crippen LogP contribution in [0.5, 0.6) is 0 Å². The number of esters is 1. The third kappa shape index (κ3) is 4.05. The van der Waals surface area contributed by atoms with Crippen LogP contribution in [0.3, 0.4) is 0 Å². The van der Waals surface area contributed by atoms with E-state index >= 15 is 0 Å². The summed E-state index contributed by atoms with van der Waals surface area (Å²) in [7, 11) is 1.36. The van der Waals surface area contributed by atoms with Gasteiger partial charge in [0, 0.05) is 12.8 Å². The van der Waals surface area contributed by atoms with Crippen LogP contribution in [-0.4, -0.2) is 24.0 Å². The third-order valence-corrected chi connectivity index (χ3v) is 3.75. The molecule has 20 heavy (non-hydrogen) atoms. The molecule has 1 fully saturated rings. The van der Waals surface area contributed by atoms with E-state index in [0.717, 1.165) is 24.8 Å². The summed E-state index contributed by atoms with van der Waals surface area (Å²) in [6, 6.07) is 9.51. The van der Waals surface area contributed by atoms with Crippen molar-refractivity contribution in [3.63, 3.8) is 0 Å². The molecule has 2 rings (SSSR count). The second kappa shape index (κ2) is 6.86. The van der Waals surface area contributed by atoms with Crippen molar-refractivity contribution >= 4 is 5.97 Å². The van der Waals surface area contributed by atoms with Crippen molar-refractivity contribution in [2.45, 2.75) is 50.4 Å². The molecule has 1 saturated carbocycles. The zero-order valence-corrected chi connectivity index (χ0v) is 11.9. The molecule has 0 spiro atoms. The molecule has 1 aliphatic rings. The second-order valence-corrected chi connectivity index (χ2v) is 5.30. The Bertz CT molecular complexity index is 423. The summed E-state index contributed by atoms with van der Waals surface area (Å²) in [5, 5.41) is 10.5. The number of carbonyl (C=O) groups is 1. The molecule has 0 saturated heterocycles. The normalized spacial score (nSPS) is 19.3. The van der Waals surface area contributed by atoms with Crippen molar-refractivity contribution in [1.29, 1.82) is 0 Å². The summed E-state index contributed by atoms with van der Waals surface area (Å²) in [6.07, 6.45) is 3.93. The molecule has 1 aromatic carbocycles. The number of benzene rings is 1. The van der Waals surface area contributed by atoms with Crippen molar-refractivity contribution in [2.24, 2.45) is 0 Å². The van der Waals surface area contributed by atoms with Crippen LogP contribution in [0.15, 0.2) is 30.3 Å². The highest BCUT2D eigenvalue weighted by atomic mass is 16.6. The minimum Gasteiger partial charge on any atom is -0.469 e. The molecule has 1 atom stereocenters. The Labute approximate surface area is 119 Å². The summed E-state index contributed by atoms with van der Waals surface area (Å²) >= 11 is 0. The van der Waals surface area contributed by atoms with Gasteiger partial charge in [0.2, 0.25) is 0 Å². The quantitative estimate of drug-likeness (QED) is 0.664. The largest absolute Gasteiger partial charge is 0.469 e. The lowest BCUT2D eigenvalue weighted by atomic mass is 9.93. The Kier molecular flexibility index (Phi) is 5.15. The average molecular weight is 278 g/mol. The van der Waals surface area contributed by atoms with Gasteiger partial charge in [-0.3, -0.25) is 4.79 Å². The molecule has 0 bridgehead atoms. The van der Waals surface area contributed by atoms with Crippen molar-refractivity contribution in [1.82, 2.24) is 0 Å². The molecule has 0 aromatic heterocycles. The molecule has 0 radical (unpaired) electrons. The first-order valence-corrected chi connectivity index (χ1v) is 7.15. The van der Waals surface area contributed by atoms with Crippen LogP contribution in [0.1, 0.15) is 50.2 Å². The van der Waals surface area contributed by atoms with E-state index < -0.39 is 11.9 Å². The first-order chi connectivity index (χ1) is 9.63. The van der Waals surface area contributed by atoms with Crippen LogP contribution in [0, 0.1) is 0 Å². The van der Waals surface area contributed by atoms with E-state index in [9.17, 15) is 9.90 Å². The molecule has 1 aromatic rings. The summed E-state index contributed by atoms with van der Waals surface area (Å²) in [5.74, 6) is -1.45. The van der Waals surface area contributed by atoms with E-state index in [1.807, 2.05) is 30.3 Å². The van der Waals surface area contributed by atoms with Crippen molar-refractivity contribution < 1.29 is 19.4 Å². The van der Waals surface area contributed by atoms with Gasteiger partial charge in [-0.1, -0.05) is 36.8 Å². The van der Waals surface area contributed by atoms with Crippen molar-refractivity contribution in [3.05, 3.63) is 35.9 Å². The summed E-state index contributed by atoms with van der Waals surface area (Å²) in [5.41, 5.74) is 0.886. The predicted molar refractivity (Wildman–Crippen MR) is 74.9 cm³/mol. The minimum atomic E-state index is -1.12. The molecule has 1 N–H and O–H groups in total. The summed E-state index contributed by atoms with van der Waals surface area (Å²) in [6.45, 7) is 0. The number of methoxy groups -OCH3 is 1. The fourth-order valence-electron chi connectivity index (χ4n) is 2.62. The van der Waals surface area contributed by atoms with Gasteiger partial charge in [-0.15, -0.1) is 0 Å². The molecule has 4 nitrogen and oxygen atoms in total. The Morgan fingerprint density at radius 3 is 2.50 bits per heavy atom.